The van der Waals surface area contributed by atoms with Crippen LogP contribution in [0.25, 0.3) is 0 Å². The Hall–Kier alpha value is -1.80. The standard InChI is InChI=1S/C22H30F2N4O2/c23-22(24)5-3-18(4-6-22)27-10-15-9-17(13-27)19-2-1-16(21(30)28(19)11-15)12-26-8-7-25-20(29)14-26/h1-2,15,17-18H,3-14H2,(H,25,29)/t15-,17+/m0/s1. The zero-order valence-corrected chi connectivity index (χ0v) is 17.3. The van der Waals surface area contributed by atoms with Crippen molar-refractivity contribution in [1.82, 2.24) is 19.7 Å². The highest BCUT2D eigenvalue weighted by atomic mass is 19.3. The first kappa shape index (κ1) is 20.1. The highest BCUT2D eigenvalue weighted by Gasteiger charge is 2.41. The van der Waals surface area contributed by atoms with Crippen molar-refractivity contribution in [2.75, 3.05) is 32.7 Å². The largest absolute Gasteiger partial charge is 0.354 e. The van der Waals surface area contributed by atoms with Gasteiger partial charge in [-0.25, -0.2) is 8.78 Å². The number of rotatable bonds is 3. The minimum absolute atomic E-state index is 0.00255. The Kier molecular flexibility index (Phi) is 5.17. The SMILES string of the molecule is O=C1CN(Cc2ccc3n(c2=O)C[C@H]2C[C@@H]3CN(C3CCC(F)(F)CC3)C2)CCN1. The van der Waals surface area contributed by atoms with E-state index in [-0.39, 0.29) is 30.3 Å². The van der Waals surface area contributed by atoms with E-state index in [0.717, 1.165) is 37.3 Å². The monoisotopic (exact) mass is 420 g/mol. The molecule has 0 unspecified atom stereocenters. The minimum Gasteiger partial charge on any atom is -0.354 e. The zero-order chi connectivity index (χ0) is 20.9. The number of piperazine rings is 1. The summed E-state index contributed by atoms with van der Waals surface area (Å²) in [5.41, 5.74) is 1.90. The van der Waals surface area contributed by atoms with Crippen LogP contribution < -0.4 is 10.9 Å². The number of carbonyl (C=O) groups is 1. The Morgan fingerprint density at radius 3 is 2.67 bits per heavy atom. The number of nitrogens with one attached hydrogen (secondary N) is 1. The normalized spacial score (nSPS) is 30.0. The van der Waals surface area contributed by atoms with Crippen LogP contribution in [0.3, 0.4) is 0 Å². The number of hydrogen-bond acceptors (Lipinski definition) is 4. The van der Waals surface area contributed by atoms with Crippen LogP contribution in [0.5, 0.6) is 0 Å². The average molecular weight is 421 g/mol. The summed E-state index contributed by atoms with van der Waals surface area (Å²) in [6.07, 6.45) is 2.21. The van der Waals surface area contributed by atoms with Gasteiger partial charge in [-0.15, -0.1) is 0 Å². The molecule has 4 heterocycles. The first-order chi connectivity index (χ1) is 14.4. The topological polar surface area (TPSA) is 57.6 Å². The van der Waals surface area contributed by atoms with Crippen molar-refractivity contribution >= 4 is 5.91 Å². The molecule has 1 amide bonds. The van der Waals surface area contributed by atoms with Crippen LogP contribution in [0.4, 0.5) is 8.78 Å². The van der Waals surface area contributed by atoms with Gasteiger partial charge in [0.25, 0.3) is 5.56 Å². The molecule has 1 aromatic rings. The Morgan fingerprint density at radius 2 is 1.90 bits per heavy atom. The highest BCUT2D eigenvalue weighted by molar-refractivity contribution is 5.78. The first-order valence-electron chi connectivity index (χ1n) is 11.2. The summed E-state index contributed by atoms with van der Waals surface area (Å²) in [4.78, 5) is 29.3. The number of halogens is 2. The summed E-state index contributed by atoms with van der Waals surface area (Å²) in [5.74, 6) is -1.79. The lowest BCUT2D eigenvalue weighted by Gasteiger charge is -2.47. The van der Waals surface area contributed by atoms with Crippen LogP contribution in [0.1, 0.15) is 49.3 Å². The van der Waals surface area contributed by atoms with Crippen LogP contribution >= 0.6 is 0 Å². The molecule has 164 valence electrons. The van der Waals surface area contributed by atoms with E-state index >= 15 is 0 Å². The molecular weight excluding hydrogens is 390 g/mol. The van der Waals surface area contributed by atoms with Crippen LogP contribution in [0, 0.1) is 5.92 Å². The van der Waals surface area contributed by atoms with Gasteiger partial charge in [-0.1, -0.05) is 6.07 Å². The van der Waals surface area contributed by atoms with Crippen molar-refractivity contribution in [2.24, 2.45) is 5.92 Å². The molecule has 1 aromatic heterocycles. The Balaban J connectivity index is 1.31. The molecule has 0 radical (unpaired) electrons. The van der Waals surface area contributed by atoms with Gasteiger partial charge < -0.3 is 9.88 Å². The lowest BCUT2D eigenvalue weighted by atomic mass is 9.80. The summed E-state index contributed by atoms with van der Waals surface area (Å²) >= 11 is 0. The molecule has 1 saturated carbocycles. The fraction of sp³-hybridized carbons (Fsp3) is 0.727. The molecule has 2 bridgehead atoms. The molecule has 4 aliphatic rings. The zero-order valence-electron chi connectivity index (χ0n) is 17.3. The highest BCUT2D eigenvalue weighted by Crippen LogP contribution is 2.40. The number of alkyl halides is 2. The van der Waals surface area contributed by atoms with Gasteiger partial charge in [0.2, 0.25) is 11.8 Å². The number of nitrogens with zero attached hydrogens (tertiary/aromatic N) is 3. The predicted molar refractivity (Wildman–Crippen MR) is 109 cm³/mol. The second-order valence-corrected chi connectivity index (χ2v) is 9.60. The molecule has 0 spiro atoms. The number of pyridine rings is 1. The van der Waals surface area contributed by atoms with E-state index in [1.165, 1.54) is 0 Å². The average Bonchev–Trinajstić information content (AvgIpc) is 2.70. The molecule has 2 saturated heterocycles. The van der Waals surface area contributed by atoms with Crippen molar-refractivity contribution in [2.45, 2.75) is 63.1 Å². The van der Waals surface area contributed by atoms with Gasteiger partial charge in [0.15, 0.2) is 0 Å². The van der Waals surface area contributed by atoms with Gasteiger partial charge in [0.05, 0.1) is 6.54 Å². The van der Waals surface area contributed by atoms with E-state index in [1.807, 2.05) is 15.5 Å². The predicted octanol–water partition coefficient (Wildman–Crippen LogP) is 1.78. The van der Waals surface area contributed by atoms with Crippen molar-refractivity contribution in [3.8, 4) is 0 Å². The maximum atomic E-state index is 13.6. The minimum atomic E-state index is -2.49. The third-order valence-corrected chi connectivity index (χ3v) is 7.43. The molecular formula is C22H30F2N4O2. The van der Waals surface area contributed by atoms with E-state index in [0.29, 0.717) is 50.9 Å². The molecule has 1 aliphatic carbocycles. The van der Waals surface area contributed by atoms with Gasteiger partial charge >= 0.3 is 0 Å². The molecule has 6 nitrogen and oxygen atoms in total. The van der Waals surface area contributed by atoms with E-state index in [4.69, 9.17) is 0 Å². The third-order valence-electron chi connectivity index (χ3n) is 7.43. The number of hydrogen-bond donors (Lipinski definition) is 1. The number of fused-ring (bicyclic) bond motifs is 4. The van der Waals surface area contributed by atoms with Gasteiger partial charge in [0.1, 0.15) is 0 Å². The number of piperidine rings is 1. The van der Waals surface area contributed by atoms with Gasteiger partial charge in [-0.3, -0.25) is 19.4 Å². The number of amides is 1. The number of aromatic nitrogens is 1. The second-order valence-electron chi connectivity index (χ2n) is 9.60. The molecule has 1 N–H and O–H groups in total. The van der Waals surface area contributed by atoms with Crippen LogP contribution in [0.2, 0.25) is 0 Å². The van der Waals surface area contributed by atoms with Crippen molar-refractivity contribution in [3.05, 3.63) is 33.7 Å². The summed E-state index contributed by atoms with van der Waals surface area (Å²) in [5, 5.41) is 2.81. The Morgan fingerprint density at radius 1 is 1.10 bits per heavy atom. The summed E-state index contributed by atoms with van der Waals surface area (Å²) in [6.45, 7) is 4.68. The van der Waals surface area contributed by atoms with E-state index in [2.05, 4.69) is 16.3 Å². The van der Waals surface area contributed by atoms with E-state index in [1.54, 1.807) is 0 Å². The summed E-state index contributed by atoms with van der Waals surface area (Å²) in [6, 6.07) is 4.26. The number of carbonyl (C=O) groups excluding carboxylic acids is 1. The molecule has 5 rings (SSSR count). The van der Waals surface area contributed by atoms with Gasteiger partial charge in [0, 0.05) is 75.3 Å². The van der Waals surface area contributed by atoms with E-state index in [9.17, 15) is 18.4 Å². The smallest absolute Gasteiger partial charge is 0.255 e. The molecule has 0 aromatic carbocycles. The summed E-state index contributed by atoms with van der Waals surface area (Å²) in [7, 11) is 0. The van der Waals surface area contributed by atoms with Crippen LogP contribution in [0.15, 0.2) is 16.9 Å². The second kappa shape index (κ2) is 7.71. The first-order valence-corrected chi connectivity index (χ1v) is 11.2. The molecule has 8 heteroatoms. The van der Waals surface area contributed by atoms with Gasteiger partial charge in [-0.05, 0) is 31.2 Å². The fourth-order valence-electron chi connectivity index (χ4n) is 5.90. The molecule has 2 atom stereocenters. The Labute approximate surface area is 175 Å². The lowest BCUT2D eigenvalue weighted by molar-refractivity contribution is -0.124. The van der Waals surface area contributed by atoms with Crippen molar-refractivity contribution < 1.29 is 13.6 Å². The number of likely N-dealkylation sites (tertiary alicyclic amines) is 1. The van der Waals surface area contributed by atoms with Crippen LogP contribution in [-0.4, -0.2) is 65.0 Å². The quantitative estimate of drug-likeness (QED) is 0.810. The fourth-order valence-corrected chi connectivity index (χ4v) is 5.90. The molecule has 3 aliphatic heterocycles. The van der Waals surface area contributed by atoms with E-state index < -0.39 is 5.92 Å². The van der Waals surface area contributed by atoms with Gasteiger partial charge in [-0.2, -0.15) is 0 Å². The Bertz CT molecular complexity index is 876. The third kappa shape index (κ3) is 3.91. The van der Waals surface area contributed by atoms with Crippen LogP contribution in [-0.2, 0) is 17.9 Å². The van der Waals surface area contributed by atoms with Crippen molar-refractivity contribution in [1.29, 1.82) is 0 Å². The van der Waals surface area contributed by atoms with Crippen molar-refractivity contribution in [3.63, 3.8) is 0 Å². The molecule has 3 fully saturated rings. The maximum Gasteiger partial charge on any atom is 0.255 e. The summed E-state index contributed by atoms with van der Waals surface area (Å²) < 4.78 is 29.1. The lowest BCUT2D eigenvalue weighted by Crippen LogP contribution is -2.52. The molecule has 30 heavy (non-hydrogen) atoms. The maximum absolute atomic E-state index is 13.6.